The number of cyclic esters (lactones) is 1. The Kier molecular flexibility index (Phi) is 9.40. The summed E-state index contributed by atoms with van der Waals surface area (Å²) in [6, 6.07) is 10.8. The molecule has 0 saturated carbocycles. The molecule has 3 heterocycles. The largest absolute Gasteiger partial charge is 0.481 e. The van der Waals surface area contributed by atoms with Crippen molar-refractivity contribution in [3.8, 4) is 0 Å². The maximum atomic E-state index is 12.6. The highest BCUT2D eigenvalue weighted by Gasteiger charge is 2.42. The fourth-order valence-corrected chi connectivity index (χ4v) is 5.78. The number of carboxylic acid groups (broad SMARTS) is 1. The molecule has 2 atom stereocenters. The maximum absolute atomic E-state index is 12.6. The third-order valence-electron chi connectivity index (χ3n) is 7.96. The van der Waals surface area contributed by atoms with Crippen molar-refractivity contribution < 1.29 is 19.4 Å². The molecule has 1 N–H and O–H groups in total. The molecule has 3 saturated heterocycles. The molecule has 2 unspecified atom stereocenters. The second-order valence-electron chi connectivity index (χ2n) is 10.4. The number of hydrogen-bond acceptors (Lipinski definition) is 6. The van der Waals surface area contributed by atoms with Crippen molar-refractivity contribution in [3.63, 3.8) is 0 Å². The zero-order valence-corrected chi connectivity index (χ0v) is 21.2. The lowest BCUT2D eigenvalue weighted by Gasteiger charge is -2.38. The molecule has 4 rings (SSSR count). The van der Waals surface area contributed by atoms with Gasteiger partial charge in [0.15, 0.2) is 6.23 Å². The van der Waals surface area contributed by atoms with Gasteiger partial charge in [0, 0.05) is 45.7 Å². The molecule has 8 heteroatoms. The van der Waals surface area contributed by atoms with Gasteiger partial charge in [-0.25, -0.2) is 4.79 Å². The Morgan fingerprint density at radius 2 is 1.69 bits per heavy atom. The Morgan fingerprint density at radius 3 is 2.37 bits per heavy atom. The smallest absolute Gasteiger partial charge is 0.411 e. The molecule has 3 fully saturated rings. The van der Waals surface area contributed by atoms with E-state index in [1.807, 2.05) is 4.90 Å². The normalized spacial score (nSPS) is 25.2. The minimum absolute atomic E-state index is 0.0637. The first-order valence-electron chi connectivity index (χ1n) is 13.4. The summed E-state index contributed by atoms with van der Waals surface area (Å²) in [5.74, 6) is 0.0184. The number of carboxylic acids is 1. The summed E-state index contributed by atoms with van der Waals surface area (Å²) < 4.78 is 5.80. The van der Waals surface area contributed by atoms with Gasteiger partial charge in [0.05, 0.1) is 6.04 Å². The average molecular weight is 487 g/mol. The highest BCUT2D eigenvalue weighted by molar-refractivity contribution is 5.70. The number of hydrogen-bond donors (Lipinski definition) is 1. The third-order valence-corrected chi connectivity index (χ3v) is 7.96. The maximum Gasteiger partial charge on any atom is 0.411 e. The summed E-state index contributed by atoms with van der Waals surface area (Å²) in [6.07, 6.45) is 5.25. The Balaban J connectivity index is 1.13. The van der Waals surface area contributed by atoms with Crippen LogP contribution in [0, 0.1) is 5.92 Å². The van der Waals surface area contributed by atoms with Crippen LogP contribution < -0.4 is 0 Å². The zero-order valence-electron chi connectivity index (χ0n) is 21.2. The van der Waals surface area contributed by atoms with Gasteiger partial charge in [0.1, 0.15) is 0 Å². The molecule has 0 bridgehead atoms. The van der Waals surface area contributed by atoms with E-state index in [-0.39, 0.29) is 24.8 Å². The number of amides is 1. The van der Waals surface area contributed by atoms with E-state index < -0.39 is 5.97 Å². The number of piperazine rings is 1. The number of piperidine rings is 1. The predicted molar refractivity (Wildman–Crippen MR) is 135 cm³/mol. The lowest BCUT2D eigenvalue weighted by Crippen LogP contribution is -2.53. The minimum atomic E-state index is -0.732. The number of carbonyl (C=O) groups is 2. The number of nitrogens with zero attached hydrogens (tertiary/aromatic N) is 4. The van der Waals surface area contributed by atoms with Gasteiger partial charge >= 0.3 is 12.1 Å². The molecule has 0 spiro atoms. The molecular weight excluding hydrogens is 444 g/mol. The topological polar surface area (TPSA) is 76.6 Å². The molecule has 1 amide bonds. The molecule has 0 radical (unpaired) electrons. The van der Waals surface area contributed by atoms with Crippen molar-refractivity contribution in [2.75, 3.05) is 52.4 Å². The van der Waals surface area contributed by atoms with E-state index in [2.05, 4.69) is 52.0 Å². The fraction of sp³-hybridized carbons (Fsp3) is 0.704. The minimum Gasteiger partial charge on any atom is -0.481 e. The molecule has 3 aliphatic rings. The second-order valence-corrected chi connectivity index (χ2v) is 10.4. The van der Waals surface area contributed by atoms with Crippen molar-refractivity contribution in [1.29, 1.82) is 0 Å². The standard InChI is InChI=1S/C27H42N4O4/c1-22-26(30-19-17-28(18-20-30)13-6-10-25(32)33)35-27(34)31(22)14-5-9-23-11-15-29(16-12-23)21-24-7-3-2-4-8-24/h2-4,7-8,22-23,26H,5-6,9-21H2,1H3,(H,32,33). The third kappa shape index (κ3) is 7.41. The molecule has 0 aromatic heterocycles. The highest BCUT2D eigenvalue weighted by atomic mass is 16.6. The SMILES string of the molecule is CC1C(N2CCN(CCCC(=O)O)CC2)OC(=O)N1CCCC1CCN(Cc2ccccc2)CC1. The second kappa shape index (κ2) is 12.7. The Hall–Kier alpha value is -2.16. The first-order valence-corrected chi connectivity index (χ1v) is 13.4. The highest BCUT2D eigenvalue weighted by Crippen LogP contribution is 2.27. The van der Waals surface area contributed by atoms with Crippen LogP contribution in [0.15, 0.2) is 30.3 Å². The number of likely N-dealkylation sites (tertiary alicyclic amines) is 1. The summed E-state index contributed by atoms with van der Waals surface area (Å²) in [5, 5.41) is 8.82. The van der Waals surface area contributed by atoms with Crippen LogP contribution in [-0.4, -0.2) is 101 Å². The van der Waals surface area contributed by atoms with Gasteiger partial charge in [-0.15, -0.1) is 0 Å². The van der Waals surface area contributed by atoms with Crippen LogP contribution >= 0.6 is 0 Å². The molecule has 35 heavy (non-hydrogen) atoms. The molecule has 0 aliphatic carbocycles. The van der Waals surface area contributed by atoms with Crippen molar-refractivity contribution in [1.82, 2.24) is 19.6 Å². The number of ether oxygens (including phenoxy) is 1. The molecule has 1 aromatic rings. The van der Waals surface area contributed by atoms with E-state index in [0.29, 0.717) is 6.42 Å². The molecule has 1 aromatic carbocycles. The van der Waals surface area contributed by atoms with Crippen LogP contribution in [0.2, 0.25) is 0 Å². The first kappa shape index (κ1) is 25.9. The van der Waals surface area contributed by atoms with Crippen LogP contribution in [0.3, 0.4) is 0 Å². The summed E-state index contributed by atoms with van der Waals surface area (Å²) in [6.45, 7) is 10.5. The summed E-state index contributed by atoms with van der Waals surface area (Å²) in [5.41, 5.74) is 1.39. The summed E-state index contributed by atoms with van der Waals surface area (Å²) in [7, 11) is 0. The monoisotopic (exact) mass is 486 g/mol. The predicted octanol–water partition coefficient (Wildman–Crippen LogP) is 3.33. The van der Waals surface area contributed by atoms with Crippen molar-refractivity contribution in [2.45, 2.75) is 64.3 Å². The summed E-state index contributed by atoms with van der Waals surface area (Å²) >= 11 is 0. The van der Waals surface area contributed by atoms with Gasteiger partial charge in [0.2, 0.25) is 0 Å². The first-order chi connectivity index (χ1) is 17.0. The van der Waals surface area contributed by atoms with Crippen molar-refractivity contribution >= 4 is 12.1 Å². The quantitative estimate of drug-likeness (QED) is 0.514. The zero-order chi connectivity index (χ0) is 24.6. The van der Waals surface area contributed by atoms with Crippen LogP contribution in [0.4, 0.5) is 4.79 Å². The van der Waals surface area contributed by atoms with E-state index in [1.165, 1.54) is 24.8 Å². The van der Waals surface area contributed by atoms with Crippen LogP contribution in [-0.2, 0) is 16.1 Å². The lowest BCUT2D eigenvalue weighted by atomic mass is 9.92. The molecule has 8 nitrogen and oxygen atoms in total. The summed E-state index contributed by atoms with van der Waals surface area (Å²) in [4.78, 5) is 32.4. The Morgan fingerprint density at radius 1 is 0.971 bits per heavy atom. The van der Waals surface area contributed by atoms with E-state index in [4.69, 9.17) is 9.84 Å². The molecule has 3 aliphatic heterocycles. The van der Waals surface area contributed by atoms with E-state index in [9.17, 15) is 9.59 Å². The van der Waals surface area contributed by atoms with E-state index >= 15 is 0 Å². The van der Waals surface area contributed by atoms with Gasteiger partial charge in [-0.05, 0) is 70.1 Å². The van der Waals surface area contributed by atoms with Crippen LogP contribution in [0.1, 0.15) is 51.0 Å². The number of carbonyl (C=O) groups excluding carboxylic acids is 1. The van der Waals surface area contributed by atoms with Gasteiger partial charge in [0.25, 0.3) is 0 Å². The van der Waals surface area contributed by atoms with Gasteiger partial charge in [-0.1, -0.05) is 30.3 Å². The van der Waals surface area contributed by atoms with Crippen LogP contribution in [0.5, 0.6) is 0 Å². The number of benzene rings is 1. The van der Waals surface area contributed by atoms with Gasteiger partial charge < -0.3 is 19.6 Å². The van der Waals surface area contributed by atoms with Crippen molar-refractivity contribution in [3.05, 3.63) is 35.9 Å². The fourth-order valence-electron chi connectivity index (χ4n) is 5.78. The number of aliphatic carboxylic acids is 1. The van der Waals surface area contributed by atoms with Crippen LogP contribution in [0.25, 0.3) is 0 Å². The molecule has 194 valence electrons. The lowest BCUT2D eigenvalue weighted by molar-refractivity contribution is -0.137. The van der Waals surface area contributed by atoms with E-state index in [1.54, 1.807) is 0 Å². The van der Waals surface area contributed by atoms with Crippen molar-refractivity contribution in [2.24, 2.45) is 5.92 Å². The van der Waals surface area contributed by atoms with E-state index in [0.717, 1.165) is 71.2 Å². The molecular formula is C27H42N4O4. The average Bonchev–Trinajstić information content (AvgIpc) is 3.14. The van der Waals surface area contributed by atoms with Gasteiger partial charge in [-0.2, -0.15) is 0 Å². The number of rotatable bonds is 11. The Labute approximate surface area is 209 Å². The Bertz CT molecular complexity index is 807. The van der Waals surface area contributed by atoms with Gasteiger partial charge in [-0.3, -0.25) is 14.6 Å².